The normalized spacial score (nSPS) is 22.0. The molecule has 1 fully saturated rings. The summed E-state index contributed by atoms with van der Waals surface area (Å²) in [7, 11) is 3.60. The summed E-state index contributed by atoms with van der Waals surface area (Å²) in [6.07, 6.45) is 0.950. The highest BCUT2D eigenvalue weighted by Crippen LogP contribution is 2.40. The summed E-state index contributed by atoms with van der Waals surface area (Å²) >= 11 is 0. The Hall–Kier alpha value is -2.31. The number of rotatable bonds is 3. The van der Waals surface area contributed by atoms with E-state index in [1.54, 1.807) is 19.0 Å². The number of likely N-dealkylation sites (tertiary alicyclic amines) is 1. The SMILES string of the molecule is Cc1nc(-c2ccccc2)nc2c1COC[C@@]21CCN(CC(=O)N(C)C)C1. The minimum absolute atomic E-state index is 0.132. The van der Waals surface area contributed by atoms with Crippen molar-refractivity contribution in [1.29, 1.82) is 0 Å². The highest BCUT2D eigenvalue weighted by atomic mass is 16.5. The molecule has 0 aliphatic carbocycles. The summed E-state index contributed by atoms with van der Waals surface area (Å²) in [4.78, 5) is 25.8. The number of hydrogen-bond donors (Lipinski definition) is 0. The van der Waals surface area contributed by atoms with Crippen LogP contribution in [0.4, 0.5) is 0 Å². The fourth-order valence-corrected chi connectivity index (χ4v) is 4.08. The summed E-state index contributed by atoms with van der Waals surface area (Å²) in [5.41, 5.74) is 4.09. The van der Waals surface area contributed by atoms with Gasteiger partial charge >= 0.3 is 0 Å². The molecular weight excluding hydrogens is 340 g/mol. The van der Waals surface area contributed by atoms with Gasteiger partial charge in [0.25, 0.3) is 0 Å². The van der Waals surface area contributed by atoms with Gasteiger partial charge in [-0.1, -0.05) is 30.3 Å². The van der Waals surface area contributed by atoms with Crippen LogP contribution in [0.1, 0.15) is 23.4 Å². The van der Waals surface area contributed by atoms with E-state index in [1.165, 1.54) is 0 Å². The smallest absolute Gasteiger partial charge is 0.236 e. The Kier molecular flexibility index (Phi) is 4.70. The van der Waals surface area contributed by atoms with Gasteiger partial charge in [0.2, 0.25) is 5.91 Å². The first-order valence-electron chi connectivity index (χ1n) is 9.42. The van der Waals surface area contributed by atoms with Crippen LogP contribution in [0, 0.1) is 6.92 Å². The van der Waals surface area contributed by atoms with Gasteiger partial charge in [0, 0.05) is 37.5 Å². The van der Waals surface area contributed by atoms with Crippen molar-refractivity contribution in [2.24, 2.45) is 0 Å². The van der Waals surface area contributed by atoms with Crippen LogP contribution in [0.15, 0.2) is 30.3 Å². The molecule has 6 nitrogen and oxygen atoms in total. The molecular formula is C21H26N4O2. The summed E-state index contributed by atoms with van der Waals surface area (Å²) in [5, 5.41) is 0. The van der Waals surface area contributed by atoms with E-state index < -0.39 is 0 Å². The average molecular weight is 366 g/mol. The van der Waals surface area contributed by atoms with E-state index >= 15 is 0 Å². The number of likely N-dealkylation sites (N-methyl/N-ethyl adjacent to an activating group) is 1. The molecule has 1 amide bonds. The summed E-state index contributed by atoms with van der Waals surface area (Å²) in [5.74, 6) is 0.906. The molecule has 0 N–H and O–H groups in total. The Morgan fingerprint density at radius 3 is 2.78 bits per heavy atom. The van der Waals surface area contributed by atoms with Crippen molar-refractivity contribution >= 4 is 5.91 Å². The zero-order valence-corrected chi connectivity index (χ0v) is 16.2. The minimum atomic E-state index is -0.155. The van der Waals surface area contributed by atoms with Gasteiger partial charge in [0.05, 0.1) is 30.9 Å². The summed E-state index contributed by atoms with van der Waals surface area (Å²) in [6.45, 7) is 5.37. The predicted octanol–water partition coefficient (Wildman–Crippen LogP) is 2.01. The van der Waals surface area contributed by atoms with E-state index in [-0.39, 0.29) is 11.3 Å². The van der Waals surface area contributed by atoms with Gasteiger partial charge in [-0.25, -0.2) is 9.97 Å². The maximum atomic E-state index is 12.1. The largest absolute Gasteiger partial charge is 0.376 e. The number of ether oxygens (including phenoxy) is 1. The lowest BCUT2D eigenvalue weighted by molar-refractivity contribution is -0.129. The maximum Gasteiger partial charge on any atom is 0.236 e. The second-order valence-electron chi connectivity index (χ2n) is 7.85. The average Bonchev–Trinajstić information content (AvgIpc) is 3.06. The fraction of sp³-hybridized carbons (Fsp3) is 0.476. The first-order chi connectivity index (χ1) is 13.0. The number of nitrogens with zero attached hydrogens (tertiary/aromatic N) is 4. The fourth-order valence-electron chi connectivity index (χ4n) is 4.08. The van der Waals surface area contributed by atoms with Crippen molar-refractivity contribution in [3.05, 3.63) is 47.3 Å². The Labute approximate surface area is 160 Å². The van der Waals surface area contributed by atoms with E-state index in [0.29, 0.717) is 19.8 Å². The molecule has 0 saturated carbocycles. The van der Waals surface area contributed by atoms with Crippen LogP contribution in [-0.2, 0) is 21.6 Å². The van der Waals surface area contributed by atoms with Gasteiger partial charge in [0.1, 0.15) is 0 Å². The molecule has 142 valence electrons. The molecule has 6 heteroatoms. The quantitative estimate of drug-likeness (QED) is 0.832. The van der Waals surface area contributed by atoms with Crippen molar-refractivity contribution in [2.45, 2.75) is 25.4 Å². The Morgan fingerprint density at radius 1 is 1.26 bits per heavy atom. The minimum Gasteiger partial charge on any atom is -0.376 e. The third-order valence-corrected chi connectivity index (χ3v) is 5.66. The van der Waals surface area contributed by atoms with Crippen LogP contribution in [0.2, 0.25) is 0 Å². The van der Waals surface area contributed by atoms with E-state index in [0.717, 1.165) is 47.8 Å². The van der Waals surface area contributed by atoms with Crippen LogP contribution in [0.3, 0.4) is 0 Å². The molecule has 1 aromatic heterocycles. The van der Waals surface area contributed by atoms with E-state index in [1.807, 2.05) is 37.3 Å². The van der Waals surface area contributed by atoms with Crippen LogP contribution in [0.25, 0.3) is 11.4 Å². The number of aromatic nitrogens is 2. The Morgan fingerprint density at radius 2 is 2.04 bits per heavy atom. The maximum absolute atomic E-state index is 12.1. The van der Waals surface area contributed by atoms with Crippen LogP contribution in [-0.4, -0.2) is 66.0 Å². The monoisotopic (exact) mass is 366 g/mol. The first kappa shape index (κ1) is 18.1. The standard InChI is InChI=1S/C21H26N4O2/c1-15-17-12-27-14-21(9-10-25(13-21)11-18(26)24(2)3)19(17)23-20(22-15)16-7-5-4-6-8-16/h4-8H,9-14H2,1-3H3/t21-/m0/s1. The molecule has 0 unspecified atom stereocenters. The third-order valence-electron chi connectivity index (χ3n) is 5.66. The van der Waals surface area contributed by atoms with Gasteiger partial charge in [-0.3, -0.25) is 9.69 Å². The van der Waals surface area contributed by atoms with Gasteiger partial charge in [0.15, 0.2) is 5.82 Å². The molecule has 1 aromatic carbocycles. The van der Waals surface area contributed by atoms with Crippen LogP contribution in [0.5, 0.6) is 0 Å². The highest BCUT2D eigenvalue weighted by molar-refractivity contribution is 5.77. The number of fused-ring (bicyclic) bond motifs is 2. The molecule has 4 rings (SSSR count). The topological polar surface area (TPSA) is 58.6 Å². The van der Waals surface area contributed by atoms with Crippen molar-refractivity contribution < 1.29 is 9.53 Å². The zero-order chi connectivity index (χ0) is 19.0. The molecule has 1 spiro atoms. The van der Waals surface area contributed by atoms with Crippen LogP contribution >= 0.6 is 0 Å². The third kappa shape index (κ3) is 3.35. The molecule has 0 radical (unpaired) electrons. The molecule has 1 saturated heterocycles. The number of carbonyl (C=O) groups excluding carboxylic acids is 1. The first-order valence-corrected chi connectivity index (χ1v) is 9.42. The number of hydrogen-bond acceptors (Lipinski definition) is 5. The number of amides is 1. The molecule has 1 atom stereocenters. The zero-order valence-electron chi connectivity index (χ0n) is 16.2. The van der Waals surface area contributed by atoms with Gasteiger partial charge in [-0.2, -0.15) is 0 Å². The van der Waals surface area contributed by atoms with Gasteiger partial charge in [-0.15, -0.1) is 0 Å². The van der Waals surface area contributed by atoms with E-state index in [4.69, 9.17) is 14.7 Å². The Balaban J connectivity index is 1.69. The van der Waals surface area contributed by atoms with E-state index in [9.17, 15) is 4.79 Å². The second kappa shape index (κ2) is 7.02. The van der Waals surface area contributed by atoms with E-state index in [2.05, 4.69) is 4.90 Å². The predicted molar refractivity (Wildman–Crippen MR) is 103 cm³/mol. The number of aryl methyl sites for hydroxylation is 1. The Bertz CT molecular complexity index is 853. The number of benzene rings is 1. The van der Waals surface area contributed by atoms with Crippen molar-refractivity contribution in [1.82, 2.24) is 19.8 Å². The van der Waals surface area contributed by atoms with Crippen molar-refractivity contribution in [3.63, 3.8) is 0 Å². The van der Waals surface area contributed by atoms with Crippen molar-refractivity contribution in [3.8, 4) is 11.4 Å². The molecule has 3 heterocycles. The summed E-state index contributed by atoms with van der Waals surface area (Å²) < 4.78 is 5.96. The highest BCUT2D eigenvalue weighted by Gasteiger charge is 2.45. The molecule has 27 heavy (non-hydrogen) atoms. The molecule has 0 bridgehead atoms. The lowest BCUT2D eigenvalue weighted by Gasteiger charge is -2.35. The van der Waals surface area contributed by atoms with Gasteiger partial charge < -0.3 is 9.64 Å². The lowest BCUT2D eigenvalue weighted by Crippen LogP contribution is -2.42. The second-order valence-corrected chi connectivity index (χ2v) is 7.85. The molecule has 2 aliphatic heterocycles. The lowest BCUT2D eigenvalue weighted by atomic mass is 9.80. The van der Waals surface area contributed by atoms with Crippen LogP contribution < -0.4 is 0 Å². The van der Waals surface area contributed by atoms with Crippen molar-refractivity contribution in [2.75, 3.05) is 40.3 Å². The molecule has 2 aliphatic rings. The molecule has 2 aromatic rings. The number of carbonyl (C=O) groups is 1. The van der Waals surface area contributed by atoms with Gasteiger partial charge in [-0.05, 0) is 19.9 Å². The summed E-state index contributed by atoms with van der Waals surface area (Å²) in [6, 6.07) is 10.1.